The third-order valence-electron chi connectivity index (χ3n) is 10.4. The molecule has 35 heavy (non-hydrogen) atoms. The minimum absolute atomic E-state index is 0.00734. The van der Waals surface area contributed by atoms with E-state index in [1.165, 1.54) is 57.0 Å². The molecule has 6 heteroatoms. The van der Waals surface area contributed by atoms with E-state index in [1.807, 2.05) is 0 Å². The highest BCUT2D eigenvalue weighted by atomic mass is 16.7. The van der Waals surface area contributed by atoms with Gasteiger partial charge in [-0.1, -0.05) is 40.5 Å². The van der Waals surface area contributed by atoms with Gasteiger partial charge in [0.2, 0.25) is 0 Å². The summed E-state index contributed by atoms with van der Waals surface area (Å²) in [5.41, 5.74) is 0.588. The van der Waals surface area contributed by atoms with Gasteiger partial charge in [-0.3, -0.25) is 4.98 Å². The fourth-order valence-corrected chi connectivity index (χ4v) is 8.62. The van der Waals surface area contributed by atoms with Crippen molar-refractivity contribution in [1.82, 2.24) is 4.98 Å². The van der Waals surface area contributed by atoms with Gasteiger partial charge < -0.3 is 19.3 Å². The van der Waals surface area contributed by atoms with Crippen LogP contribution in [0, 0.1) is 34.0 Å². The van der Waals surface area contributed by atoms with E-state index in [0.717, 1.165) is 25.9 Å². The minimum atomic E-state index is -0.980. The predicted octanol–water partition coefficient (Wildman–Crippen LogP) is 6.34. The molecule has 1 saturated heterocycles. The van der Waals surface area contributed by atoms with E-state index in [9.17, 15) is 9.90 Å². The number of rotatable bonds is 6. The molecule has 4 fully saturated rings. The number of carbonyl (C=O) groups is 1. The van der Waals surface area contributed by atoms with Crippen LogP contribution in [0.2, 0.25) is 0 Å². The van der Waals surface area contributed by atoms with Gasteiger partial charge in [0.15, 0.2) is 12.0 Å². The molecule has 2 heterocycles. The van der Waals surface area contributed by atoms with Crippen LogP contribution in [0.3, 0.4) is 0 Å². The van der Waals surface area contributed by atoms with E-state index in [-0.39, 0.29) is 34.2 Å². The van der Waals surface area contributed by atoms with Crippen molar-refractivity contribution in [3.05, 3.63) is 24.0 Å². The van der Waals surface area contributed by atoms with Crippen molar-refractivity contribution in [3.63, 3.8) is 0 Å². The predicted molar refractivity (Wildman–Crippen MR) is 133 cm³/mol. The zero-order chi connectivity index (χ0) is 24.8. The first-order chi connectivity index (χ1) is 16.6. The second kappa shape index (κ2) is 9.33. The lowest BCUT2D eigenvalue weighted by molar-refractivity contribution is -0.322. The normalized spacial score (nSPS) is 39.0. The van der Waals surface area contributed by atoms with Crippen molar-refractivity contribution in [2.45, 2.75) is 97.9 Å². The number of aromatic nitrogens is 1. The Morgan fingerprint density at radius 2 is 1.89 bits per heavy atom. The van der Waals surface area contributed by atoms with Crippen LogP contribution in [-0.4, -0.2) is 41.7 Å². The van der Waals surface area contributed by atoms with E-state index in [4.69, 9.17) is 14.2 Å². The molecule has 1 aliphatic heterocycles. The van der Waals surface area contributed by atoms with E-state index < -0.39 is 5.97 Å². The van der Waals surface area contributed by atoms with Gasteiger partial charge >= 0.3 is 5.97 Å². The molecule has 3 saturated carbocycles. The lowest BCUT2D eigenvalue weighted by Gasteiger charge is -2.65. The van der Waals surface area contributed by atoms with E-state index in [0.29, 0.717) is 30.1 Å². The Morgan fingerprint density at radius 1 is 1.11 bits per heavy atom. The van der Waals surface area contributed by atoms with Gasteiger partial charge in [0.1, 0.15) is 5.56 Å². The second-order valence-corrected chi connectivity index (χ2v) is 12.8. The number of hydrogen-bond donors (Lipinski definition) is 1. The highest BCUT2D eigenvalue weighted by Crippen LogP contribution is 2.66. The number of hydrogen-bond acceptors (Lipinski definition) is 5. The first-order valence-corrected chi connectivity index (χ1v) is 13.7. The Hall–Kier alpha value is -1.66. The average Bonchev–Trinajstić information content (AvgIpc) is 3.35. The molecular weight excluding hydrogens is 442 g/mol. The smallest absolute Gasteiger partial charge is 0.339 e. The van der Waals surface area contributed by atoms with Crippen LogP contribution in [0.4, 0.5) is 0 Å². The quantitative estimate of drug-likeness (QED) is 0.507. The lowest BCUT2D eigenvalue weighted by Crippen LogP contribution is -2.63. The molecule has 194 valence electrons. The molecule has 1 unspecified atom stereocenters. The topological polar surface area (TPSA) is 77.9 Å². The standard InChI is InChI=1S/C29H43NO5/c1-27(2)13-9-23-28(3,22(27)12-16-33-21-17-30-15-11-20(21)25(31)32)14-10-24-29(23,4)18-34-26(35-24)19-7-5-6-8-19/h11,15,17,19,22-24,26H,5-10,12-14,16,18H2,1-4H3,(H,31,32)/t22-,23?,24-,26-,28+,29+/m1/s1. The monoisotopic (exact) mass is 485 g/mol. The molecule has 0 spiro atoms. The Labute approximate surface area is 210 Å². The molecule has 3 aliphatic carbocycles. The molecule has 0 amide bonds. The summed E-state index contributed by atoms with van der Waals surface area (Å²) < 4.78 is 19.2. The van der Waals surface area contributed by atoms with Crippen LogP contribution < -0.4 is 4.74 Å². The summed E-state index contributed by atoms with van der Waals surface area (Å²) in [6, 6.07) is 1.50. The van der Waals surface area contributed by atoms with Crippen LogP contribution in [0.25, 0.3) is 0 Å². The molecule has 5 rings (SSSR count). The summed E-state index contributed by atoms with van der Waals surface area (Å²) in [7, 11) is 0. The van der Waals surface area contributed by atoms with Crippen molar-refractivity contribution in [1.29, 1.82) is 0 Å². The van der Waals surface area contributed by atoms with Gasteiger partial charge in [-0.2, -0.15) is 0 Å². The summed E-state index contributed by atoms with van der Waals surface area (Å²) >= 11 is 0. The van der Waals surface area contributed by atoms with Gasteiger partial charge in [0.05, 0.1) is 25.5 Å². The minimum Gasteiger partial charge on any atom is -0.491 e. The summed E-state index contributed by atoms with van der Waals surface area (Å²) in [6.07, 6.45) is 13.9. The zero-order valence-corrected chi connectivity index (χ0v) is 21.9. The Morgan fingerprint density at radius 3 is 2.63 bits per heavy atom. The van der Waals surface area contributed by atoms with Crippen LogP contribution in [-0.2, 0) is 9.47 Å². The largest absolute Gasteiger partial charge is 0.491 e. The van der Waals surface area contributed by atoms with Crippen LogP contribution in [0.15, 0.2) is 18.5 Å². The van der Waals surface area contributed by atoms with Crippen molar-refractivity contribution >= 4 is 5.97 Å². The number of ether oxygens (including phenoxy) is 3. The molecule has 1 N–H and O–H groups in total. The number of nitrogens with zero attached hydrogens (tertiary/aromatic N) is 1. The molecule has 0 bridgehead atoms. The number of carboxylic acid groups (broad SMARTS) is 1. The van der Waals surface area contributed by atoms with Crippen molar-refractivity contribution < 1.29 is 24.1 Å². The SMILES string of the molecule is CC1(C)CCC2[C@]3(C)CO[C@@H](C4CCCC4)O[C@@H]3CC[C@@]2(C)[C@@H]1CCOc1cnccc1C(=O)O. The fourth-order valence-electron chi connectivity index (χ4n) is 8.62. The molecule has 1 aromatic heterocycles. The fraction of sp³-hybridized carbons (Fsp3) is 0.793. The molecule has 6 atom stereocenters. The Bertz CT molecular complexity index is 927. The highest BCUT2D eigenvalue weighted by molar-refractivity contribution is 5.90. The molecule has 1 aromatic rings. The molecule has 0 aromatic carbocycles. The Kier molecular flexibility index (Phi) is 6.67. The van der Waals surface area contributed by atoms with Crippen LogP contribution in [0.5, 0.6) is 5.75 Å². The first kappa shape index (κ1) is 25.0. The number of carboxylic acids is 1. The summed E-state index contributed by atoms with van der Waals surface area (Å²) in [5, 5.41) is 9.49. The van der Waals surface area contributed by atoms with E-state index >= 15 is 0 Å². The maximum atomic E-state index is 11.6. The number of pyridine rings is 1. The third kappa shape index (κ3) is 4.39. The molecule has 6 nitrogen and oxygen atoms in total. The van der Waals surface area contributed by atoms with Crippen molar-refractivity contribution in [2.24, 2.45) is 34.0 Å². The van der Waals surface area contributed by atoms with Gasteiger partial charge in [0.25, 0.3) is 0 Å². The van der Waals surface area contributed by atoms with E-state index in [2.05, 4.69) is 32.7 Å². The maximum absolute atomic E-state index is 11.6. The average molecular weight is 486 g/mol. The van der Waals surface area contributed by atoms with Crippen LogP contribution in [0.1, 0.15) is 95.8 Å². The van der Waals surface area contributed by atoms with Crippen molar-refractivity contribution in [3.8, 4) is 5.75 Å². The summed E-state index contributed by atoms with van der Waals surface area (Å²) in [4.78, 5) is 15.6. The van der Waals surface area contributed by atoms with Crippen molar-refractivity contribution in [2.75, 3.05) is 13.2 Å². The van der Waals surface area contributed by atoms with Gasteiger partial charge in [-0.25, -0.2) is 4.79 Å². The second-order valence-electron chi connectivity index (χ2n) is 12.8. The third-order valence-corrected chi connectivity index (χ3v) is 10.4. The molecule has 4 aliphatic rings. The Balaban J connectivity index is 1.31. The maximum Gasteiger partial charge on any atom is 0.339 e. The first-order valence-electron chi connectivity index (χ1n) is 13.7. The zero-order valence-electron chi connectivity index (χ0n) is 21.9. The number of fused-ring (bicyclic) bond motifs is 3. The molecular formula is C29H43NO5. The van der Waals surface area contributed by atoms with Gasteiger partial charge in [0, 0.05) is 17.5 Å². The highest BCUT2D eigenvalue weighted by Gasteiger charge is 2.62. The summed E-state index contributed by atoms with van der Waals surface area (Å²) in [6.45, 7) is 11.0. The number of aromatic carboxylic acids is 1. The van der Waals surface area contributed by atoms with Gasteiger partial charge in [-0.15, -0.1) is 0 Å². The lowest BCUT2D eigenvalue weighted by atomic mass is 9.42. The summed E-state index contributed by atoms with van der Waals surface area (Å²) in [5.74, 6) is 0.976. The molecule has 0 radical (unpaired) electrons. The van der Waals surface area contributed by atoms with Gasteiger partial charge in [-0.05, 0) is 73.7 Å². The van der Waals surface area contributed by atoms with E-state index in [1.54, 1.807) is 0 Å². The van der Waals surface area contributed by atoms with Crippen LogP contribution >= 0.6 is 0 Å².